The minimum Gasteiger partial charge on any atom is -0.444 e. The molecule has 1 amide bonds. The number of amides is 1. The van der Waals surface area contributed by atoms with Crippen LogP contribution in [-0.2, 0) is 24.1 Å². The van der Waals surface area contributed by atoms with Gasteiger partial charge in [-0.05, 0) is 57.2 Å². The maximum absolute atomic E-state index is 12.5. The number of hydrogen-bond acceptors (Lipinski definition) is 4. The van der Waals surface area contributed by atoms with Gasteiger partial charge in [-0.1, -0.05) is 18.6 Å². The van der Waals surface area contributed by atoms with E-state index in [2.05, 4.69) is 30.3 Å². The number of nitrogens with zero attached hydrogens (tertiary/aromatic N) is 4. The van der Waals surface area contributed by atoms with E-state index in [-0.39, 0.29) is 12.5 Å². The second-order valence-electron chi connectivity index (χ2n) is 8.99. The third-order valence-electron chi connectivity index (χ3n) is 5.75. The van der Waals surface area contributed by atoms with E-state index < -0.39 is 5.60 Å². The molecule has 6 nitrogen and oxygen atoms in total. The molecule has 0 atom stereocenters. The zero-order valence-electron chi connectivity index (χ0n) is 17.4. The molecule has 2 aromatic rings. The summed E-state index contributed by atoms with van der Waals surface area (Å²) in [6.45, 7) is 6.62. The standard InChI is InChI=1S/C23H28N4O2/c1-23(2,3)29-22(28)26-14-12-21-19(15-26)20(11-13-24)25-27(21)18-9-7-17(8-10-18)16-5-4-6-16/h7-10,16H,4-6,11-12,14-15H2,1-3H3. The predicted octanol–water partition coefficient (Wildman–Crippen LogP) is 4.50. The van der Waals surface area contributed by atoms with E-state index in [0.717, 1.165) is 22.6 Å². The van der Waals surface area contributed by atoms with Crippen LogP contribution in [0.5, 0.6) is 0 Å². The van der Waals surface area contributed by atoms with Crippen LogP contribution in [0, 0.1) is 11.3 Å². The quantitative estimate of drug-likeness (QED) is 0.771. The first-order valence-corrected chi connectivity index (χ1v) is 10.4. The summed E-state index contributed by atoms with van der Waals surface area (Å²) in [7, 11) is 0. The number of carbonyl (C=O) groups excluding carboxylic acids is 1. The molecule has 29 heavy (non-hydrogen) atoms. The van der Waals surface area contributed by atoms with Crippen LogP contribution in [0.4, 0.5) is 4.79 Å². The summed E-state index contributed by atoms with van der Waals surface area (Å²) in [5, 5.41) is 14.0. The smallest absolute Gasteiger partial charge is 0.410 e. The molecule has 152 valence electrons. The average Bonchev–Trinajstić information content (AvgIpc) is 2.98. The summed E-state index contributed by atoms with van der Waals surface area (Å²) in [5.74, 6) is 0.701. The fraction of sp³-hybridized carbons (Fsp3) is 0.522. The van der Waals surface area contributed by atoms with Crippen LogP contribution in [0.25, 0.3) is 5.69 Å². The molecule has 1 aromatic carbocycles. The van der Waals surface area contributed by atoms with E-state index in [1.807, 2.05) is 25.5 Å². The van der Waals surface area contributed by atoms with Crippen LogP contribution in [0.2, 0.25) is 0 Å². The van der Waals surface area contributed by atoms with E-state index in [9.17, 15) is 10.1 Å². The van der Waals surface area contributed by atoms with Crippen molar-refractivity contribution in [1.82, 2.24) is 14.7 Å². The highest BCUT2D eigenvalue weighted by atomic mass is 16.6. The Morgan fingerprint density at radius 3 is 2.59 bits per heavy atom. The lowest BCUT2D eigenvalue weighted by molar-refractivity contribution is 0.0222. The number of ether oxygens (including phenoxy) is 1. The SMILES string of the molecule is CC(C)(C)OC(=O)N1CCc2c(c(CC#N)nn2-c2ccc(C3CCC3)cc2)C1. The van der Waals surface area contributed by atoms with Crippen LogP contribution in [0.3, 0.4) is 0 Å². The molecule has 0 saturated heterocycles. The van der Waals surface area contributed by atoms with E-state index in [1.54, 1.807) is 4.90 Å². The zero-order chi connectivity index (χ0) is 20.6. The van der Waals surface area contributed by atoms with Gasteiger partial charge in [-0.15, -0.1) is 0 Å². The molecule has 1 aliphatic heterocycles. The van der Waals surface area contributed by atoms with Crippen LogP contribution in [0.1, 0.15) is 68.5 Å². The Morgan fingerprint density at radius 1 is 1.28 bits per heavy atom. The van der Waals surface area contributed by atoms with Crippen LogP contribution >= 0.6 is 0 Å². The summed E-state index contributed by atoms with van der Waals surface area (Å²) in [5.41, 5.74) is 4.70. The van der Waals surface area contributed by atoms with E-state index in [0.29, 0.717) is 25.4 Å². The molecule has 2 heterocycles. The van der Waals surface area contributed by atoms with Crippen molar-refractivity contribution in [3.8, 4) is 11.8 Å². The monoisotopic (exact) mass is 392 g/mol. The van der Waals surface area contributed by atoms with Gasteiger partial charge >= 0.3 is 6.09 Å². The average molecular weight is 393 g/mol. The Bertz CT molecular complexity index is 943. The molecule has 1 saturated carbocycles. The maximum Gasteiger partial charge on any atom is 0.410 e. The van der Waals surface area contributed by atoms with Crippen molar-refractivity contribution in [3.63, 3.8) is 0 Å². The van der Waals surface area contributed by atoms with Crippen molar-refractivity contribution >= 4 is 6.09 Å². The van der Waals surface area contributed by atoms with E-state index in [1.165, 1.54) is 24.8 Å². The second-order valence-corrected chi connectivity index (χ2v) is 8.99. The molecule has 1 aromatic heterocycles. The molecule has 4 rings (SSSR count). The molecular weight excluding hydrogens is 364 g/mol. The predicted molar refractivity (Wildman–Crippen MR) is 110 cm³/mol. The first-order chi connectivity index (χ1) is 13.9. The van der Waals surface area contributed by atoms with E-state index >= 15 is 0 Å². The lowest BCUT2D eigenvalue weighted by Crippen LogP contribution is -2.40. The van der Waals surface area contributed by atoms with Gasteiger partial charge in [0, 0.05) is 18.5 Å². The molecule has 0 bridgehead atoms. The van der Waals surface area contributed by atoms with Crippen molar-refractivity contribution in [2.24, 2.45) is 0 Å². The highest BCUT2D eigenvalue weighted by Crippen LogP contribution is 2.36. The highest BCUT2D eigenvalue weighted by Gasteiger charge is 2.30. The highest BCUT2D eigenvalue weighted by molar-refractivity contribution is 5.68. The molecule has 1 fully saturated rings. The summed E-state index contributed by atoms with van der Waals surface area (Å²) >= 11 is 0. The molecule has 1 aliphatic carbocycles. The second kappa shape index (κ2) is 7.55. The van der Waals surface area contributed by atoms with Gasteiger partial charge in [0.05, 0.1) is 36.1 Å². The number of nitriles is 1. The summed E-state index contributed by atoms with van der Waals surface area (Å²) in [4.78, 5) is 14.2. The molecule has 0 N–H and O–H groups in total. The first-order valence-electron chi connectivity index (χ1n) is 10.4. The van der Waals surface area contributed by atoms with Crippen LogP contribution < -0.4 is 0 Å². The Balaban J connectivity index is 1.61. The minimum absolute atomic E-state index is 0.234. The van der Waals surface area contributed by atoms with Crippen LogP contribution in [0.15, 0.2) is 24.3 Å². The van der Waals surface area contributed by atoms with Crippen molar-refractivity contribution in [1.29, 1.82) is 5.26 Å². The first kappa shape index (κ1) is 19.5. The number of aromatic nitrogens is 2. The fourth-order valence-corrected chi connectivity index (χ4v) is 4.03. The number of carbonyl (C=O) groups is 1. The molecule has 0 spiro atoms. The summed E-state index contributed by atoms with van der Waals surface area (Å²) < 4.78 is 7.49. The van der Waals surface area contributed by atoms with Crippen molar-refractivity contribution in [2.45, 2.75) is 70.9 Å². The lowest BCUT2D eigenvalue weighted by Gasteiger charge is -2.30. The molecular formula is C23H28N4O2. The molecule has 0 radical (unpaired) electrons. The van der Waals surface area contributed by atoms with Gasteiger partial charge < -0.3 is 9.64 Å². The van der Waals surface area contributed by atoms with Gasteiger partial charge in [0.1, 0.15) is 5.60 Å². The number of fused-ring (bicyclic) bond motifs is 1. The van der Waals surface area contributed by atoms with Gasteiger partial charge in [-0.3, -0.25) is 0 Å². The third kappa shape index (κ3) is 4.00. The Morgan fingerprint density at radius 2 is 2.00 bits per heavy atom. The van der Waals surface area contributed by atoms with Crippen LogP contribution in [-0.4, -0.2) is 32.9 Å². The lowest BCUT2D eigenvalue weighted by atomic mass is 9.80. The van der Waals surface area contributed by atoms with Gasteiger partial charge in [0.2, 0.25) is 0 Å². The van der Waals surface area contributed by atoms with Gasteiger partial charge in [0.25, 0.3) is 0 Å². The van der Waals surface area contributed by atoms with Gasteiger partial charge in [-0.25, -0.2) is 9.48 Å². The van der Waals surface area contributed by atoms with Crippen molar-refractivity contribution in [3.05, 3.63) is 46.8 Å². The molecule has 2 aliphatic rings. The van der Waals surface area contributed by atoms with E-state index in [4.69, 9.17) is 9.84 Å². The third-order valence-corrected chi connectivity index (χ3v) is 5.75. The number of benzene rings is 1. The largest absolute Gasteiger partial charge is 0.444 e. The van der Waals surface area contributed by atoms with Gasteiger partial charge in [-0.2, -0.15) is 10.4 Å². The van der Waals surface area contributed by atoms with Gasteiger partial charge in [0.15, 0.2) is 0 Å². The zero-order valence-corrected chi connectivity index (χ0v) is 17.4. The Kier molecular flexibility index (Phi) is 5.08. The maximum atomic E-state index is 12.5. The summed E-state index contributed by atoms with van der Waals surface area (Å²) in [6.07, 6.45) is 4.50. The Hall–Kier alpha value is -2.81. The minimum atomic E-state index is -0.529. The number of rotatable bonds is 3. The Labute approximate surface area is 172 Å². The summed E-state index contributed by atoms with van der Waals surface area (Å²) in [6, 6.07) is 10.9. The van der Waals surface area contributed by atoms with Crippen molar-refractivity contribution < 1.29 is 9.53 Å². The fourth-order valence-electron chi connectivity index (χ4n) is 4.03. The topological polar surface area (TPSA) is 71.2 Å². The van der Waals surface area contributed by atoms with Crippen molar-refractivity contribution in [2.75, 3.05) is 6.54 Å². The normalized spacial score (nSPS) is 16.7. The number of hydrogen-bond donors (Lipinski definition) is 0. The molecule has 0 unspecified atom stereocenters. The molecule has 6 heteroatoms.